The summed E-state index contributed by atoms with van der Waals surface area (Å²) >= 11 is 0. The Bertz CT molecular complexity index is 837. The summed E-state index contributed by atoms with van der Waals surface area (Å²) < 4.78 is 31.8. The molecular formula is C15H15NO5S. The Hall–Kier alpha value is -2.28. The first kappa shape index (κ1) is 14.6. The molecule has 3 rings (SSSR count). The van der Waals surface area contributed by atoms with Crippen molar-refractivity contribution in [3.8, 4) is 0 Å². The Balaban J connectivity index is 2.13. The van der Waals surface area contributed by atoms with E-state index in [1.165, 1.54) is 22.7 Å². The number of carboxylic acids is 1. The summed E-state index contributed by atoms with van der Waals surface area (Å²) in [7, 11) is -3.82. The number of nitrogens with zero attached hydrogens (tertiary/aromatic N) is 1. The predicted octanol–water partition coefficient (Wildman–Crippen LogP) is 2.43. The van der Waals surface area contributed by atoms with Gasteiger partial charge in [-0.15, -0.1) is 0 Å². The van der Waals surface area contributed by atoms with E-state index in [1.807, 2.05) is 0 Å². The van der Waals surface area contributed by atoms with Crippen LogP contribution < -0.4 is 4.31 Å². The van der Waals surface area contributed by atoms with Gasteiger partial charge in [-0.25, -0.2) is 4.79 Å². The van der Waals surface area contributed by atoms with E-state index < -0.39 is 16.0 Å². The summed E-state index contributed by atoms with van der Waals surface area (Å²) in [6.07, 6.45) is 2.49. The van der Waals surface area contributed by atoms with Gasteiger partial charge in [0.15, 0.2) is 0 Å². The topological polar surface area (TPSA) is 87.8 Å². The minimum atomic E-state index is -3.82. The molecule has 7 heteroatoms. The van der Waals surface area contributed by atoms with Crippen LogP contribution in [0.4, 0.5) is 5.69 Å². The van der Waals surface area contributed by atoms with Gasteiger partial charge in [0, 0.05) is 12.6 Å². The highest BCUT2D eigenvalue weighted by Gasteiger charge is 2.32. The van der Waals surface area contributed by atoms with Gasteiger partial charge in [-0.2, -0.15) is 8.42 Å². The maximum absolute atomic E-state index is 12.7. The summed E-state index contributed by atoms with van der Waals surface area (Å²) in [4.78, 5) is 11.3. The van der Waals surface area contributed by atoms with E-state index in [9.17, 15) is 18.3 Å². The zero-order chi connectivity index (χ0) is 15.9. The highest BCUT2D eigenvalue weighted by Crippen LogP contribution is 2.34. The average Bonchev–Trinajstić information content (AvgIpc) is 2.93. The smallest absolute Gasteiger partial charge is 0.336 e. The number of aryl methyl sites for hydroxylation is 1. The lowest BCUT2D eigenvalue weighted by Crippen LogP contribution is -2.35. The van der Waals surface area contributed by atoms with E-state index in [0.29, 0.717) is 30.6 Å². The van der Waals surface area contributed by atoms with Crippen molar-refractivity contribution < 1.29 is 22.7 Å². The number of furan rings is 1. The number of anilines is 1. The van der Waals surface area contributed by atoms with Crippen molar-refractivity contribution in [3.05, 3.63) is 47.2 Å². The summed E-state index contributed by atoms with van der Waals surface area (Å²) in [5.74, 6) is -1.05. The first-order chi connectivity index (χ1) is 10.4. The van der Waals surface area contributed by atoms with Crippen LogP contribution in [-0.4, -0.2) is 26.0 Å². The minimum absolute atomic E-state index is 0.126. The van der Waals surface area contributed by atoms with Crippen LogP contribution in [0.1, 0.15) is 27.9 Å². The molecule has 22 heavy (non-hydrogen) atoms. The highest BCUT2D eigenvalue weighted by molar-refractivity contribution is 7.92. The predicted molar refractivity (Wildman–Crippen MR) is 79.7 cm³/mol. The maximum atomic E-state index is 12.7. The third kappa shape index (κ3) is 2.27. The second-order valence-corrected chi connectivity index (χ2v) is 7.03. The molecule has 1 N–H and O–H groups in total. The first-order valence-electron chi connectivity index (χ1n) is 6.84. The number of carboxylic acid groups (broad SMARTS) is 1. The van der Waals surface area contributed by atoms with Crippen LogP contribution in [0.15, 0.2) is 40.0 Å². The highest BCUT2D eigenvalue weighted by atomic mass is 32.2. The van der Waals surface area contributed by atoms with Gasteiger partial charge < -0.3 is 9.52 Å². The van der Waals surface area contributed by atoms with Gasteiger partial charge in [-0.3, -0.25) is 4.31 Å². The summed E-state index contributed by atoms with van der Waals surface area (Å²) in [5, 5.41) is 9.14. The molecule has 0 bridgehead atoms. The van der Waals surface area contributed by atoms with Crippen LogP contribution in [-0.2, 0) is 16.4 Å². The van der Waals surface area contributed by atoms with Crippen molar-refractivity contribution in [3.63, 3.8) is 0 Å². The molecular weight excluding hydrogens is 306 g/mol. The fourth-order valence-corrected chi connectivity index (χ4v) is 4.21. The lowest BCUT2D eigenvalue weighted by Gasteiger charge is -2.30. The Morgan fingerprint density at radius 3 is 2.77 bits per heavy atom. The minimum Gasteiger partial charge on any atom is -0.478 e. The zero-order valence-electron chi connectivity index (χ0n) is 11.9. The van der Waals surface area contributed by atoms with E-state index in [2.05, 4.69) is 0 Å². The van der Waals surface area contributed by atoms with Gasteiger partial charge in [-0.1, -0.05) is 6.07 Å². The normalized spacial score (nSPS) is 14.7. The zero-order valence-corrected chi connectivity index (χ0v) is 12.8. The Morgan fingerprint density at radius 1 is 1.36 bits per heavy atom. The largest absolute Gasteiger partial charge is 0.478 e. The molecule has 1 aliphatic rings. The Kier molecular flexibility index (Phi) is 3.44. The molecule has 0 fully saturated rings. The first-order valence-corrected chi connectivity index (χ1v) is 8.28. The summed E-state index contributed by atoms with van der Waals surface area (Å²) in [6, 6.07) is 6.15. The molecule has 0 unspecified atom stereocenters. The lowest BCUT2D eigenvalue weighted by molar-refractivity contribution is 0.0695. The van der Waals surface area contributed by atoms with Crippen LogP contribution in [0.2, 0.25) is 0 Å². The quantitative estimate of drug-likeness (QED) is 0.938. The molecule has 6 nitrogen and oxygen atoms in total. The number of sulfonamides is 1. The standard InChI is InChI=1S/C15H15NO5S/c1-10-8-14(21-9-10)22(19,20)16-7-3-5-11-12(15(17)18)4-2-6-13(11)16/h2,4,6,8-9H,3,5,7H2,1H3,(H,17,18). The second-order valence-electron chi connectivity index (χ2n) is 5.23. The molecule has 0 saturated carbocycles. The monoisotopic (exact) mass is 321 g/mol. The molecule has 0 saturated heterocycles. The number of fused-ring (bicyclic) bond motifs is 1. The van der Waals surface area contributed by atoms with Crippen LogP contribution >= 0.6 is 0 Å². The van der Waals surface area contributed by atoms with Gasteiger partial charge >= 0.3 is 5.97 Å². The van der Waals surface area contributed by atoms with Gasteiger partial charge in [-0.05, 0) is 43.0 Å². The van der Waals surface area contributed by atoms with E-state index in [-0.39, 0.29) is 10.7 Å². The molecule has 0 amide bonds. The molecule has 1 aliphatic heterocycles. The van der Waals surface area contributed by atoms with Gasteiger partial charge in [0.2, 0.25) is 5.09 Å². The summed E-state index contributed by atoms with van der Waals surface area (Å²) in [5.41, 5.74) is 1.83. The molecule has 0 atom stereocenters. The Labute approximate surface area is 128 Å². The number of aromatic carboxylic acids is 1. The molecule has 2 aromatic rings. The van der Waals surface area contributed by atoms with E-state index in [4.69, 9.17) is 4.42 Å². The Morgan fingerprint density at radius 2 is 2.14 bits per heavy atom. The fraction of sp³-hybridized carbons (Fsp3) is 0.267. The lowest BCUT2D eigenvalue weighted by atomic mass is 9.98. The van der Waals surface area contributed by atoms with Crippen molar-refractivity contribution in [1.29, 1.82) is 0 Å². The average molecular weight is 321 g/mol. The third-order valence-electron chi connectivity index (χ3n) is 3.69. The number of rotatable bonds is 3. The van der Waals surface area contributed by atoms with Crippen LogP contribution in [0.5, 0.6) is 0 Å². The van der Waals surface area contributed by atoms with Gasteiger partial charge in [0.05, 0.1) is 17.5 Å². The van der Waals surface area contributed by atoms with Crippen LogP contribution in [0, 0.1) is 6.92 Å². The van der Waals surface area contributed by atoms with Gasteiger partial charge in [0.1, 0.15) is 0 Å². The number of benzene rings is 1. The summed E-state index contributed by atoms with van der Waals surface area (Å²) in [6.45, 7) is 2.05. The molecule has 0 radical (unpaired) electrons. The molecule has 116 valence electrons. The van der Waals surface area contributed by atoms with Crippen LogP contribution in [0.3, 0.4) is 0 Å². The molecule has 0 aliphatic carbocycles. The number of carbonyl (C=O) groups is 1. The SMILES string of the molecule is Cc1coc(S(=O)(=O)N2CCCc3c(C(=O)O)cccc32)c1. The molecule has 2 heterocycles. The third-order valence-corrected chi connectivity index (χ3v) is 5.37. The van der Waals surface area contributed by atoms with E-state index >= 15 is 0 Å². The van der Waals surface area contributed by atoms with Crippen molar-refractivity contribution in [2.75, 3.05) is 10.8 Å². The molecule has 1 aromatic heterocycles. The maximum Gasteiger partial charge on any atom is 0.336 e. The van der Waals surface area contributed by atoms with Crippen molar-refractivity contribution in [1.82, 2.24) is 0 Å². The second kappa shape index (κ2) is 5.17. The van der Waals surface area contributed by atoms with E-state index in [1.54, 1.807) is 19.1 Å². The molecule has 1 aromatic carbocycles. The number of hydrogen-bond donors (Lipinski definition) is 1. The number of hydrogen-bond acceptors (Lipinski definition) is 4. The van der Waals surface area contributed by atoms with E-state index in [0.717, 1.165) is 5.56 Å². The van der Waals surface area contributed by atoms with Gasteiger partial charge in [0.25, 0.3) is 10.0 Å². The van der Waals surface area contributed by atoms with Crippen molar-refractivity contribution in [2.24, 2.45) is 0 Å². The molecule has 0 spiro atoms. The van der Waals surface area contributed by atoms with Crippen LogP contribution in [0.25, 0.3) is 0 Å². The van der Waals surface area contributed by atoms with Crippen molar-refractivity contribution >= 4 is 21.7 Å². The van der Waals surface area contributed by atoms with Crippen molar-refractivity contribution in [2.45, 2.75) is 24.9 Å². The fourth-order valence-electron chi connectivity index (χ4n) is 2.69.